The lowest BCUT2D eigenvalue weighted by molar-refractivity contribution is -0.129. The van der Waals surface area contributed by atoms with Gasteiger partial charge in [0.05, 0.1) is 22.7 Å². The molecule has 0 heterocycles. The molecule has 5 nitrogen and oxygen atoms in total. The zero-order valence-electron chi connectivity index (χ0n) is 15.3. The van der Waals surface area contributed by atoms with Crippen LogP contribution in [0.2, 0.25) is 10.0 Å². The van der Waals surface area contributed by atoms with Crippen molar-refractivity contribution in [3.05, 3.63) is 63.6 Å². The van der Waals surface area contributed by atoms with Gasteiger partial charge in [-0.15, -0.1) is 0 Å². The number of carbonyl (C=O) groups excluding carboxylic acids is 2. The lowest BCUT2D eigenvalue weighted by Crippen LogP contribution is -2.37. The Morgan fingerprint density at radius 3 is 2.22 bits per heavy atom. The van der Waals surface area contributed by atoms with E-state index >= 15 is 0 Å². The van der Waals surface area contributed by atoms with Crippen LogP contribution in [0.3, 0.4) is 0 Å². The first-order valence-corrected chi connectivity index (χ1v) is 9.15. The Bertz CT molecular complexity index is 788. The summed E-state index contributed by atoms with van der Waals surface area (Å²) < 4.78 is 10.3. The summed E-state index contributed by atoms with van der Waals surface area (Å²) in [6.07, 6.45) is -0.958. The van der Waals surface area contributed by atoms with Gasteiger partial charge in [-0.1, -0.05) is 60.5 Å². The maximum absolute atomic E-state index is 12.3. The Kier molecular flexibility index (Phi) is 7.51. The van der Waals surface area contributed by atoms with Gasteiger partial charge in [-0.05, 0) is 30.5 Å². The molecule has 0 spiro atoms. The molecule has 0 saturated carbocycles. The Morgan fingerprint density at radius 1 is 1.07 bits per heavy atom. The largest absolute Gasteiger partial charge is 0.494 e. The molecular weight excluding hydrogens is 389 g/mol. The van der Waals surface area contributed by atoms with Crippen LogP contribution in [-0.4, -0.2) is 31.6 Å². The van der Waals surface area contributed by atoms with Crippen molar-refractivity contribution in [3.8, 4) is 5.75 Å². The molecule has 2 atom stereocenters. The molecular formula is C20H21Cl2NO4. The molecule has 0 saturated heterocycles. The number of hydrogen-bond acceptors (Lipinski definition) is 4. The molecule has 0 unspecified atom stereocenters. The maximum atomic E-state index is 12.3. The fraction of sp³-hybridized carbons (Fsp3) is 0.300. The highest BCUT2D eigenvalue weighted by atomic mass is 35.5. The molecule has 1 amide bonds. The first kappa shape index (κ1) is 21.1. The Labute approximate surface area is 168 Å². The summed E-state index contributed by atoms with van der Waals surface area (Å²) in [5.74, 6) is -0.662. The lowest BCUT2D eigenvalue weighted by atomic mass is 10.0. The van der Waals surface area contributed by atoms with Crippen LogP contribution in [0, 0.1) is 0 Å². The molecule has 2 aromatic rings. The number of benzene rings is 2. The number of carbonyl (C=O) groups is 2. The van der Waals surface area contributed by atoms with Gasteiger partial charge in [0, 0.05) is 6.54 Å². The van der Waals surface area contributed by atoms with Gasteiger partial charge < -0.3 is 14.8 Å². The molecule has 1 N–H and O–H groups in total. The number of nitrogens with one attached hydrogen (secondary N) is 1. The number of amides is 1. The van der Waals surface area contributed by atoms with Crippen molar-refractivity contribution in [1.29, 1.82) is 0 Å². The van der Waals surface area contributed by atoms with Gasteiger partial charge in [0.2, 0.25) is 0 Å². The lowest BCUT2D eigenvalue weighted by Gasteiger charge is -2.17. The Balaban J connectivity index is 1.93. The number of rotatable bonds is 7. The monoisotopic (exact) mass is 409 g/mol. The van der Waals surface area contributed by atoms with Crippen molar-refractivity contribution in [2.24, 2.45) is 0 Å². The van der Waals surface area contributed by atoms with Gasteiger partial charge in [-0.25, -0.2) is 4.79 Å². The first-order chi connectivity index (χ1) is 12.8. The highest BCUT2D eigenvalue weighted by molar-refractivity contribution is 6.37. The third-order valence-corrected chi connectivity index (χ3v) is 4.60. The minimum Gasteiger partial charge on any atom is -0.494 e. The second-order valence-electron chi connectivity index (χ2n) is 6.08. The van der Waals surface area contributed by atoms with Crippen molar-refractivity contribution >= 4 is 35.1 Å². The topological polar surface area (TPSA) is 64.6 Å². The van der Waals surface area contributed by atoms with E-state index in [2.05, 4.69) is 5.32 Å². The molecule has 144 valence electrons. The molecule has 0 bridgehead atoms. The highest BCUT2D eigenvalue weighted by Crippen LogP contribution is 2.34. The Morgan fingerprint density at radius 2 is 1.67 bits per heavy atom. The second kappa shape index (κ2) is 9.62. The van der Waals surface area contributed by atoms with Gasteiger partial charge in [0.1, 0.15) is 0 Å². The van der Waals surface area contributed by atoms with Crippen LogP contribution < -0.4 is 10.1 Å². The summed E-state index contributed by atoms with van der Waals surface area (Å²) in [5.41, 5.74) is 1.26. The summed E-state index contributed by atoms with van der Waals surface area (Å²) in [6.45, 7) is 3.95. The zero-order chi connectivity index (χ0) is 20.0. The second-order valence-corrected chi connectivity index (χ2v) is 6.89. The van der Waals surface area contributed by atoms with E-state index in [1.165, 1.54) is 26.2 Å². The van der Waals surface area contributed by atoms with Crippen LogP contribution in [0.15, 0.2) is 42.5 Å². The normalized spacial score (nSPS) is 12.8. The number of esters is 1. The van der Waals surface area contributed by atoms with Crippen LogP contribution in [0.5, 0.6) is 5.75 Å². The summed E-state index contributed by atoms with van der Waals surface area (Å²) >= 11 is 12.0. The SMILES string of the molecule is COc1c(Cl)cc(C(=O)O[C@@H](C)C(=O)NC[C@H](C)c2ccccc2)cc1Cl. The van der Waals surface area contributed by atoms with Crippen LogP contribution in [0.1, 0.15) is 35.7 Å². The number of ether oxygens (including phenoxy) is 2. The van der Waals surface area contributed by atoms with Crippen molar-refractivity contribution in [2.45, 2.75) is 25.9 Å². The van der Waals surface area contributed by atoms with Crippen molar-refractivity contribution in [3.63, 3.8) is 0 Å². The molecule has 2 rings (SSSR count). The third-order valence-electron chi connectivity index (χ3n) is 4.04. The zero-order valence-corrected chi connectivity index (χ0v) is 16.8. The molecule has 0 radical (unpaired) electrons. The highest BCUT2D eigenvalue weighted by Gasteiger charge is 2.21. The van der Waals surface area contributed by atoms with Crippen molar-refractivity contribution in [2.75, 3.05) is 13.7 Å². The van der Waals surface area contributed by atoms with Crippen molar-refractivity contribution in [1.82, 2.24) is 5.32 Å². The number of hydrogen-bond donors (Lipinski definition) is 1. The summed E-state index contributed by atoms with van der Waals surface area (Å²) in [7, 11) is 1.42. The molecule has 0 aliphatic heterocycles. The van der Waals surface area contributed by atoms with Gasteiger partial charge in [-0.3, -0.25) is 4.79 Å². The standard InChI is InChI=1S/C20H21Cl2NO4/c1-12(14-7-5-4-6-8-14)11-23-19(24)13(2)27-20(25)15-9-16(21)18(26-3)17(22)10-15/h4-10,12-13H,11H2,1-3H3,(H,23,24)/t12-,13-/m0/s1. The first-order valence-electron chi connectivity index (χ1n) is 8.40. The summed E-state index contributed by atoms with van der Waals surface area (Å²) in [4.78, 5) is 24.5. The van der Waals surface area contributed by atoms with E-state index in [1.54, 1.807) is 0 Å². The van der Waals surface area contributed by atoms with Gasteiger partial charge >= 0.3 is 5.97 Å². The molecule has 27 heavy (non-hydrogen) atoms. The third kappa shape index (κ3) is 5.62. The van der Waals surface area contributed by atoms with E-state index in [1.807, 2.05) is 37.3 Å². The fourth-order valence-electron chi connectivity index (χ4n) is 2.45. The average molecular weight is 410 g/mol. The van der Waals surface area contributed by atoms with Crippen LogP contribution >= 0.6 is 23.2 Å². The fourth-order valence-corrected chi connectivity index (χ4v) is 3.09. The predicted octanol–water partition coefficient (Wildman–Crippen LogP) is 4.47. The van der Waals surface area contributed by atoms with Crippen molar-refractivity contribution < 1.29 is 19.1 Å². The van der Waals surface area contributed by atoms with E-state index in [-0.39, 0.29) is 33.2 Å². The Hall–Kier alpha value is -2.24. The van der Waals surface area contributed by atoms with E-state index in [0.29, 0.717) is 6.54 Å². The summed E-state index contributed by atoms with van der Waals surface area (Å²) in [6, 6.07) is 12.6. The maximum Gasteiger partial charge on any atom is 0.339 e. The van der Waals surface area contributed by atoms with E-state index < -0.39 is 12.1 Å². The van der Waals surface area contributed by atoms with E-state index in [9.17, 15) is 9.59 Å². The molecule has 2 aromatic carbocycles. The molecule has 0 aromatic heterocycles. The minimum absolute atomic E-state index is 0.136. The van der Waals surface area contributed by atoms with E-state index in [4.69, 9.17) is 32.7 Å². The van der Waals surface area contributed by atoms with E-state index in [0.717, 1.165) is 5.56 Å². The van der Waals surface area contributed by atoms with Gasteiger partial charge in [0.25, 0.3) is 5.91 Å². The van der Waals surface area contributed by atoms with Crippen LogP contribution in [0.25, 0.3) is 0 Å². The van der Waals surface area contributed by atoms with Crippen LogP contribution in [-0.2, 0) is 9.53 Å². The molecule has 0 fully saturated rings. The smallest absolute Gasteiger partial charge is 0.339 e. The summed E-state index contributed by atoms with van der Waals surface area (Å²) in [5, 5.41) is 3.16. The van der Waals surface area contributed by atoms with Crippen LogP contribution in [0.4, 0.5) is 0 Å². The quantitative estimate of drug-likeness (QED) is 0.685. The molecule has 7 heteroatoms. The minimum atomic E-state index is -0.958. The predicted molar refractivity (Wildman–Crippen MR) is 106 cm³/mol. The average Bonchev–Trinajstić information content (AvgIpc) is 2.66. The molecule has 0 aliphatic carbocycles. The number of methoxy groups -OCH3 is 1. The number of halogens is 2. The molecule has 0 aliphatic rings. The van der Waals surface area contributed by atoms with Gasteiger partial charge in [-0.2, -0.15) is 0 Å². The van der Waals surface area contributed by atoms with Gasteiger partial charge in [0.15, 0.2) is 11.9 Å².